The van der Waals surface area contributed by atoms with E-state index >= 15 is 0 Å². The van der Waals surface area contributed by atoms with Gasteiger partial charge in [0, 0.05) is 26.2 Å². The SMILES string of the molecule is BOCCCN1CCOCC1. The molecule has 0 saturated carbocycles. The van der Waals surface area contributed by atoms with Gasteiger partial charge in [-0.25, -0.2) is 0 Å². The minimum Gasteiger partial charge on any atom is -0.444 e. The Kier molecular flexibility index (Phi) is 4.58. The molecule has 1 fully saturated rings. The lowest BCUT2D eigenvalue weighted by Crippen LogP contribution is -2.37. The van der Waals surface area contributed by atoms with Gasteiger partial charge in [0.25, 0.3) is 8.05 Å². The van der Waals surface area contributed by atoms with Crippen molar-refractivity contribution in [1.29, 1.82) is 0 Å². The van der Waals surface area contributed by atoms with E-state index in [1.807, 2.05) is 0 Å². The molecule has 0 bridgehead atoms. The summed E-state index contributed by atoms with van der Waals surface area (Å²) >= 11 is 0. The lowest BCUT2D eigenvalue weighted by Gasteiger charge is -2.26. The summed E-state index contributed by atoms with van der Waals surface area (Å²) in [5, 5.41) is 0. The maximum Gasteiger partial charge on any atom is 0.257 e. The Morgan fingerprint density at radius 1 is 1.36 bits per heavy atom. The standard InChI is InChI=1S/C7H16BNO2/c8-11-5-1-2-9-3-6-10-7-4-9/h1-8H2. The van der Waals surface area contributed by atoms with E-state index in [4.69, 9.17) is 9.39 Å². The summed E-state index contributed by atoms with van der Waals surface area (Å²) in [5.74, 6) is 0. The third-order valence-corrected chi connectivity index (χ3v) is 1.93. The number of hydrogen-bond acceptors (Lipinski definition) is 3. The molecule has 4 heteroatoms. The van der Waals surface area contributed by atoms with Crippen LogP contribution in [0.15, 0.2) is 0 Å². The second-order valence-electron chi connectivity index (χ2n) is 2.80. The van der Waals surface area contributed by atoms with E-state index in [9.17, 15) is 0 Å². The monoisotopic (exact) mass is 157 g/mol. The van der Waals surface area contributed by atoms with E-state index in [0.717, 1.165) is 45.9 Å². The normalized spacial score (nSPS) is 20.4. The van der Waals surface area contributed by atoms with Crippen molar-refractivity contribution in [2.75, 3.05) is 39.5 Å². The topological polar surface area (TPSA) is 21.7 Å². The summed E-state index contributed by atoms with van der Waals surface area (Å²) in [4.78, 5) is 2.42. The van der Waals surface area contributed by atoms with Gasteiger partial charge in [-0.1, -0.05) is 0 Å². The van der Waals surface area contributed by atoms with E-state index < -0.39 is 0 Å². The fourth-order valence-corrected chi connectivity index (χ4v) is 1.26. The fourth-order valence-electron chi connectivity index (χ4n) is 1.26. The molecule has 0 amide bonds. The molecule has 0 aromatic carbocycles. The second kappa shape index (κ2) is 5.58. The maximum absolute atomic E-state index is 5.23. The molecule has 3 nitrogen and oxygen atoms in total. The van der Waals surface area contributed by atoms with Crippen molar-refractivity contribution in [2.45, 2.75) is 6.42 Å². The zero-order valence-corrected chi connectivity index (χ0v) is 7.21. The van der Waals surface area contributed by atoms with Crippen LogP contribution in [0.4, 0.5) is 0 Å². The molecule has 0 radical (unpaired) electrons. The summed E-state index contributed by atoms with van der Waals surface area (Å²) < 4.78 is 10.2. The van der Waals surface area contributed by atoms with Gasteiger partial charge in [0.1, 0.15) is 0 Å². The van der Waals surface area contributed by atoms with E-state index in [1.54, 1.807) is 8.05 Å². The van der Waals surface area contributed by atoms with Gasteiger partial charge in [-0.05, 0) is 6.42 Å². The molecule has 0 N–H and O–H groups in total. The molecule has 0 unspecified atom stereocenters. The molecule has 1 aliphatic heterocycles. The van der Waals surface area contributed by atoms with Crippen molar-refractivity contribution in [3.63, 3.8) is 0 Å². The molecular formula is C7H16BNO2. The quantitative estimate of drug-likeness (QED) is 0.396. The Labute approximate surface area is 69.1 Å². The molecule has 0 spiro atoms. The van der Waals surface area contributed by atoms with Crippen LogP contribution in [0.3, 0.4) is 0 Å². The molecule has 0 aromatic heterocycles. The Hall–Kier alpha value is -0.0551. The fraction of sp³-hybridized carbons (Fsp3) is 1.00. The number of nitrogens with zero attached hydrogens (tertiary/aromatic N) is 1. The van der Waals surface area contributed by atoms with E-state index in [0.29, 0.717) is 0 Å². The summed E-state index contributed by atoms with van der Waals surface area (Å²) in [6.45, 7) is 5.99. The molecule has 0 aliphatic carbocycles. The minimum atomic E-state index is 0.872. The smallest absolute Gasteiger partial charge is 0.257 e. The van der Waals surface area contributed by atoms with Crippen LogP contribution in [0.25, 0.3) is 0 Å². The van der Waals surface area contributed by atoms with Gasteiger partial charge in [-0.3, -0.25) is 4.90 Å². The number of morpholine rings is 1. The highest BCUT2D eigenvalue weighted by atomic mass is 16.5. The van der Waals surface area contributed by atoms with Crippen molar-refractivity contribution in [3.8, 4) is 0 Å². The average molecular weight is 157 g/mol. The summed E-state index contributed by atoms with van der Waals surface area (Å²) in [7, 11) is 1.75. The van der Waals surface area contributed by atoms with Crippen LogP contribution in [0.1, 0.15) is 6.42 Å². The van der Waals surface area contributed by atoms with Crippen LogP contribution in [-0.2, 0) is 9.39 Å². The number of rotatable bonds is 4. The zero-order chi connectivity index (χ0) is 7.94. The van der Waals surface area contributed by atoms with Crippen molar-refractivity contribution in [3.05, 3.63) is 0 Å². The molecule has 0 aromatic rings. The van der Waals surface area contributed by atoms with Crippen molar-refractivity contribution in [1.82, 2.24) is 4.90 Å². The lowest BCUT2D eigenvalue weighted by atomic mass is 10.3. The molecule has 1 aliphatic rings. The average Bonchev–Trinajstić information content (AvgIpc) is 2.07. The van der Waals surface area contributed by atoms with Gasteiger partial charge in [0.2, 0.25) is 0 Å². The van der Waals surface area contributed by atoms with Crippen LogP contribution in [0.2, 0.25) is 0 Å². The predicted octanol–water partition coefficient (Wildman–Crippen LogP) is -0.727. The zero-order valence-electron chi connectivity index (χ0n) is 7.21. The number of ether oxygens (including phenoxy) is 1. The van der Waals surface area contributed by atoms with Crippen LogP contribution in [0, 0.1) is 0 Å². The molecule has 64 valence electrons. The third-order valence-electron chi connectivity index (χ3n) is 1.93. The van der Waals surface area contributed by atoms with Gasteiger partial charge in [0.15, 0.2) is 0 Å². The number of hydrogen-bond donors (Lipinski definition) is 0. The second-order valence-corrected chi connectivity index (χ2v) is 2.80. The van der Waals surface area contributed by atoms with E-state index in [2.05, 4.69) is 4.90 Å². The Balaban J connectivity index is 1.96. The van der Waals surface area contributed by atoms with Crippen LogP contribution >= 0.6 is 0 Å². The summed E-state index contributed by atoms with van der Waals surface area (Å²) in [6, 6.07) is 0. The highest BCUT2D eigenvalue weighted by Gasteiger charge is 2.08. The van der Waals surface area contributed by atoms with Crippen LogP contribution in [-0.4, -0.2) is 52.4 Å². The van der Waals surface area contributed by atoms with Crippen LogP contribution < -0.4 is 0 Å². The van der Waals surface area contributed by atoms with Gasteiger partial charge < -0.3 is 9.39 Å². The molecule has 11 heavy (non-hydrogen) atoms. The van der Waals surface area contributed by atoms with Gasteiger partial charge >= 0.3 is 0 Å². The summed E-state index contributed by atoms with van der Waals surface area (Å²) in [5.41, 5.74) is 0. The van der Waals surface area contributed by atoms with E-state index in [1.165, 1.54) is 0 Å². The predicted molar refractivity (Wildman–Crippen MR) is 46.4 cm³/mol. The Morgan fingerprint density at radius 3 is 2.73 bits per heavy atom. The maximum atomic E-state index is 5.23. The first-order chi connectivity index (χ1) is 5.43. The van der Waals surface area contributed by atoms with Crippen molar-refractivity contribution in [2.24, 2.45) is 0 Å². The van der Waals surface area contributed by atoms with Crippen LogP contribution in [0.5, 0.6) is 0 Å². The highest BCUT2D eigenvalue weighted by Crippen LogP contribution is 1.97. The lowest BCUT2D eigenvalue weighted by molar-refractivity contribution is 0.0359. The first-order valence-electron chi connectivity index (χ1n) is 4.22. The van der Waals surface area contributed by atoms with Crippen molar-refractivity contribution >= 4 is 8.05 Å². The molecule has 1 heterocycles. The van der Waals surface area contributed by atoms with Gasteiger partial charge in [-0.2, -0.15) is 0 Å². The molecule has 1 saturated heterocycles. The first-order valence-corrected chi connectivity index (χ1v) is 4.22. The van der Waals surface area contributed by atoms with Crippen molar-refractivity contribution < 1.29 is 9.39 Å². The molecule has 0 atom stereocenters. The Morgan fingerprint density at radius 2 is 2.09 bits per heavy atom. The molecular weight excluding hydrogens is 141 g/mol. The third kappa shape index (κ3) is 3.75. The van der Waals surface area contributed by atoms with Gasteiger partial charge in [0.05, 0.1) is 13.2 Å². The Bertz CT molecular complexity index is 96.4. The minimum absolute atomic E-state index is 0.872. The molecule has 1 rings (SSSR count). The summed E-state index contributed by atoms with van der Waals surface area (Å²) in [6.07, 6.45) is 1.14. The largest absolute Gasteiger partial charge is 0.444 e. The van der Waals surface area contributed by atoms with Gasteiger partial charge in [-0.15, -0.1) is 0 Å². The first kappa shape index (κ1) is 9.04. The van der Waals surface area contributed by atoms with E-state index in [-0.39, 0.29) is 0 Å². The highest BCUT2D eigenvalue weighted by molar-refractivity contribution is 5.97.